The van der Waals surface area contributed by atoms with Crippen LogP contribution in [0.2, 0.25) is 5.02 Å². The van der Waals surface area contributed by atoms with Gasteiger partial charge in [0.2, 0.25) is 0 Å². The lowest BCUT2D eigenvalue weighted by Gasteiger charge is -2.22. The zero-order valence-electron chi connectivity index (χ0n) is 13.0. The third-order valence-corrected chi connectivity index (χ3v) is 3.60. The third-order valence-electron chi connectivity index (χ3n) is 3.38. The fourth-order valence-electron chi connectivity index (χ4n) is 2.26. The van der Waals surface area contributed by atoms with Gasteiger partial charge in [-0.2, -0.15) is 0 Å². The molecular formula is C15H20ClN3O3. The summed E-state index contributed by atoms with van der Waals surface area (Å²) in [6.45, 7) is 3.73. The summed E-state index contributed by atoms with van der Waals surface area (Å²) in [5.41, 5.74) is 1.89. The van der Waals surface area contributed by atoms with Gasteiger partial charge in [-0.05, 0) is 19.1 Å². The van der Waals surface area contributed by atoms with Crippen LogP contribution in [-0.4, -0.2) is 60.7 Å². The van der Waals surface area contributed by atoms with Crippen LogP contribution in [-0.2, 0) is 9.47 Å². The van der Waals surface area contributed by atoms with Gasteiger partial charge in [-0.15, -0.1) is 0 Å². The van der Waals surface area contributed by atoms with E-state index in [9.17, 15) is 4.79 Å². The van der Waals surface area contributed by atoms with Crippen molar-refractivity contribution in [2.75, 3.05) is 40.5 Å². The SMILES string of the molecule is COCCN(CCOC)C(=O)c1c(C)nc2ccc(Cl)cn12. The number of carbonyl (C=O) groups is 1. The number of nitrogens with zero attached hydrogens (tertiary/aromatic N) is 3. The van der Waals surface area contributed by atoms with E-state index in [2.05, 4.69) is 4.98 Å². The Kier molecular flexibility index (Phi) is 5.76. The number of carbonyl (C=O) groups excluding carboxylic acids is 1. The summed E-state index contributed by atoms with van der Waals surface area (Å²) in [6.07, 6.45) is 1.70. The largest absolute Gasteiger partial charge is 0.383 e. The third kappa shape index (κ3) is 3.58. The smallest absolute Gasteiger partial charge is 0.272 e. The van der Waals surface area contributed by atoms with Crippen molar-refractivity contribution < 1.29 is 14.3 Å². The van der Waals surface area contributed by atoms with Crippen molar-refractivity contribution in [1.29, 1.82) is 0 Å². The van der Waals surface area contributed by atoms with Crippen molar-refractivity contribution in [3.8, 4) is 0 Å². The molecule has 0 atom stereocenters. The summed E-state index contributed by atoms with van der Waals surface area (Å²) >= 11 is 6.04. The molecule has 0 spiro atoms. The molecule has 0 unspecified atom stereocenters. The van der Waals surface area contributed by atoms with Gasteiger partial charge < -0.3 is 14.4 Å². The molecule has 0 radical (unpaired) electrons. The van der Waals surface area contributed by atoms with Crippen LogP contribution in [0.25, 0.3) is 5.65 Å². The van der Waals surface area contributed by atoms with Crippen LogP contribution in [0.1, 0.15) is 16.2 Å². The average molecular weight is 326 g/mol. The van der Waals surface area contributed by atoms with E-state index in [1.807, 2.05) is 6.92 Å². The standard InChI is InChI=1S/C15H20ClN3O3/c1-11-14(19-10-12(16)4-5-13(19)17-11)15(20)18(6-8-21-2)7-9-22-3/h4-5,10H,6-9H2,1-3H3. The first-order valence-corrected chi connectivity index (χ1v) is 7.37. The van der Waals surface area contributed by atoms with E-state index in [-0.39, 0.29) is 5.91 Å². The lowest BCUT2D eigenvalue weighted by Crippen LogP contribution is -2.37. The Morgan fingerprint density at radius 2 is 1.91 bits per heavy atom. The van der Waals surface area contributed by atoms with Crippen molar-refractivity contribution in [3.05, 3.63) is 34.7 Å². The van der Waals surface area contributed by atoms with Gasteiger partial charge in [0.25, 0.3) is 5.91 Å². The average Bonchev–Trinajstić information content (AvgIpc) is 2.82. The quantitative estimate of drug-likeness (QED) is 0.781. The molecule has 0 saturated carbocycles. The molecular weight excluding hydrogens is 306 g/mol. The van der Waals surface area contributed by atoms with Gasteiger partial charge in [0.1, 0.15) is 11.3 Å². The highest BCUT2D eigenvalue weighted by Crippen LogP contribution is 2.18. The van der Waals surface area contributed by atoms with E-state index in [4.69, 9.17) is 21.1 Å². The van der Waals surface area contributed by atoms with Crippen LogP contribution in [0.4, 0.5) is 0 Å². The zero-order chi connectivity index (χ0) is 16.1. The maximum atomic E-state index is 12.9. The van der Waals surface area contributed by atoms with Crippen molar-refractivity contribution in [3.63, 3.8) is 0 Å². The number of pyridine rings is 1. The number of methoxy groups -OCH3 is 2. The van der Waals surface area contributed by atoms with E-state index in [0.717, 1.165) is 0 Å². The molecule has 0 saturated heterocycles. The molecule has 2 rings (SSSR count). The van der Waals surface area contributed by atoms with E-state index in [0.29, 0.717) is 48.4 Å². The normalized spacial score (nSPS) is 11.1. The highest BCUT2D eigenvalue weighted by molar-refractivity contribution is 6.30. The number of fused-ring (bicyclic) bond motifs is 1. The summed E-state index contributed by atoms with van der Waals surface area (Å²) in [4.78, 5) is 19.0. The molecule has 120 valence electrons. The number of amides is 1. The van der Waals surface area contributed by atoms with Crippen LogP contribution in [0, 0.1) is 6.92 Å². The Labute approximate surface area is 134 Å². The Bertz CT molecular complexity index is 649. The van der Waals surface area contributed by atoms with Gasteiger partial charge in [0.05, 0.1) is 23.9 Å². The van der Waals surface area contributed by atoms with Crippen molar-refractivity contribution >= 4 is 23.2 Å². The molecule has 2 aromatic rings. The number of aromatic nitrogens is 2. The first-order valence-electron chi connectivity index (χ1n) is 7.00. The Balaban J connectivity index is 2.36. The fraction of sp³-hybridized carbons (Fsp3) is 0.467. The minimum atomic E-state index is -0.110. The molecule has 0 bridgehead atoms. The number of hydrogen-bond acceptors (Lipinski definition) is 4. The van der Waals surface area contributed by atoms with Crippen LogP contribution < -0.4 is 0 Å². The number of imidazole rings is 1. The highest BCUT2D eigenvalue weighted by Gasteiger charge is 2.22. The molecule has 0 aromatic carbocycles. The number of halogens is 1. The molecule has 7 heteroatoms. The predicted octanol–water partition coefficient (Wildman–Crippen LogP) is 2.03. The molecule has 0 aliphatic carbocycles. The molecule has 2 aromatic heterocycles. The topological polar surface area (TPSA) is 56.1 Å². The van der Waals surface area contributed by atoms with E-state index in [1.165, 1.54) is 0 Å². The van der Waals surface area contributed by atoms with Crippen molar-refractivity contribution in [2.24, 2.45) is 0 Å². The van der Waals surface area contributed by atoms with Crippen molar-refractivity contribution in [1.82, 2.24) is 14.3 Å². The van der Waals surface area contributed by atoms with E-state index >= 15 is 0 Å². The molecule has 0 fully saturated rings. The fourth-order valence-corrected chi connectivity index (χ4v) is 2.42. The maximum absolute atomic E-state index is 12.9. The minimum Gasteiger partial charge on any atom is -0.383 e. The molecule has 22 heavy (non-hydrogen) atoms. The zero-order valence-corrected chi connectivity index (χ0v) is 13.8. The number of hydrogen-bond donors (Lipinski definition) is 0. The minimum absolute atomic E-state index is 0.110. The van der Waals surface area contributed by atoms with Gasteiger partial charge >= 0.3 is 0 Å². The number of rotatable bonds is 7. The van der Waals surface area contributed by atoms with Gasteiger partial charge in [0.15, 0.2) is 0 Å². The first kappa shape index (κ1) is 16.7. The Morgan fingerprint density at radius 3 is 2.50 bits per heavy atom. The molecule has 0 aliphatic rings. The summed E-state index contributed by atoms with van der Waals surface area (Å²) in [5.74, 6) is -0.110. The van der Waals surface area contributed by atoms with Crippen LogP contribution in [0.15, 0.2) is 18.3 Å². The lowest BCUT2D eigenvalue weighted by atomic mass is 10.3. The monoisotopic (exact) mass is 325 g/mol. The Morgan fingerprint density at radius 1 is 1.27 bits per heavy atom. The Hall–Kier alpha value is -1.63. The lowest BCUT2D eigenvalue weighted by molar-refractivity contribution is 0.0620. The second-order valence-corrected chi connectivity index (χ2v) is 5.34. The molecule has 0 aliphatic heterocycles. The highest BCUT2D eigenvalue weighted by atomic mass is 35.5. The second kappa shape index (κ2) is 7.58. The van der Waals surface area contributed by atoms with Gasteiger partial charge in [-0.3, -0.25) is 9.20 Å². The van der Waals surface area contributed by atoms with Crippen molar-refractivity contribution in [2.45, 2.75) is 6.92 Å². The van der Waals surface area contributed by atoms with Crippen LogP contribution in [0.3, 0.4) is 0 Å². The van der Waals surface area contributed by atoms with E-state index < -0.39 is 0 Å². The molecule has 2 heterocycles. The molecule has 6 nitrogen and oxygen atoms in total. The number of ether oxygens (including phenoxy) is 2. The number of aryl methyl sites for hydroxylation is 1. The van der Waals surface area contributed by atoms with E-state index in [1.54, 1.807) is 41.8 Å². The molecule has 1 amide bonds. The second-order valence-electron chi connectivity index (χ2n) is 4.90. The summed E-state index contributed by atoms with van der Waals surface area (Å²) < 4.78 is 11.9. The van der Waals surface area contributed by atoms with Gasteiger partial charge in [-0.1, -0.05) is 11.6 Å². The maximum Gasteiger partial charge on any atom is 0.272 e. The first-order chi connectivity index (χ1) is 10.6. The van der Waals surface area contributed by atoms with Gasteiger partial charge in [0, 0.05) is 33.5 Å². The van der Waals surface area contributed by atoms with Crippen LogP contribution >= 0.6 is 11.6 Å². The summed E-state index contributed by atoms with van der Waals surface area (Å²) in [5, 5.41) is 0.555. The molecule has 0 N–H and O–H groups in total. The summed E-state index contributed by atoms with van der Waals surface area (Å²) in [7, 11) is 3.22. The summed E-state index contributed by atoms with van der Waals surface area (Å²) in [6, 6.07) is 3.55. The van der Waals surface area contributed by atoms with Crippen LogP contribution in [0.5, 0.6) is 0 Å². The predicted molar refractivity (Wildman–Crippen MR) is 84.6 cm³/mol. The van der Waals surface area contributed by atoms with Gasteiger partial charge in [-0.25, -0.2) is 4.98 Å².